The van der Waals surface area contributed by atoms with E-state index >= 15 is 0 Å². The van der Waals surface area contributed by atoms with Gasteiger partial charge in [0.05, 0.1) is 13.2 Å². The molecule has 1 saturated heterocycles. The lowest BCUT2D eigenvalue weighted by Gasteiger charge is -2.40. The molecule has 0 amide bonds. The number of hydrogen-bond acceptors (Lipinski definition) is 8. The largest absolute Gasteiger partial charge is 0.494 e. The Hall–Kier alpha value is -2.36. The van der Waals surface area contributed by atoms with Gasteiger partial charge in [-0.15, -0.1) is 0 Å². The van der Waals surface area contributed by atoms with E-state index < -0.39 is 37.1 Å². The van der Waals surface area contributed by atoms with Crippen molar-refractivity contribution in [2.24, 2.45) is 0 Å². The molecule has 2 aliphatic heterocycles. The molecule has 0 spiro atoms. The maximum Gasteiger partial charge on any atom is 0.164 e. The van der Waals surface area contributed by atoms with Crippen LogP contribution in [-0.2, 0) is 11.2 Å². The highest BCUT2D eigenvalue weighted by Gasteiger charge is 2.44. The van der Waals surface area contributed by atoms with E-state index in [2.05, 4.69) is 0 Å². The van der Waals surface area contributed by atoms with Crippen molar-refractivity contribution in [1.29, 1.82) is 0 Å². The molecule has 2 heterocycles. The summed E-state index contributed by atoms with van der Waals surface area (Å²) in [5.41, 5.74) is 2.45. The van der Waals surface area contributed by atoms with E-state index in [1.54, 1.807) is 6.07 Å². The van der Waals surface area contributed by atoms with Crippen LogP contribution in [0.4, 0.5) is 0 Å². The summed E-state index contributed by atoms with van der Waals surface area (Å²) < 4.78 is 22.9. The van der Waals surface area contributed by atoms with Crippen molar-refractivity contribution >= 4 is 0 Å². The first kappa shape index (κ1) is 21.9. The van der Waals surface area contributed by atoms with Crippen LogP contribution in [0.25, 0.3) is 0 Å². The van der Waals surface area contributed by atoms with E-state index in [0.29, 0.717) is 43.3 Å². The van der Waals surface area contributed by atoms with Crippen molar-refractivity contribution in [3.8, 4) is 17.2 Å². The number of hydrogen-bond donors (Lipinski definition) is 4. The van der Waals surface area contributed by atoms with Crippen LogP contribution in [0.2, 0.25) is 0 Å². The summed E-state index contributed by atoms with van der Waals surface area (Å²) in [5, 5.41) is 40.3. The first-order valence-electron chi connectivity index (χ1n) is 10.5. The zero-order valence-electron chi connectivity index (χ0n) is 17.3. The van der Waals surface area contributed by atoms with Gasteiger partial charge in [-0.1, -0.05) is 12.1 Å². The van der Waals surface area contributed by atoms with Gasteiger partial charge < -0.3 is 39.4 Å². The van der Waals surface area contributed by atoms with Crippen molar-refractivity contribution in [2.45, 2.75) is 43.9 Å². The van der Waals surface area contributed by atoms with Gasteiger partial charge in [0.15, 0.2) is 11.5 Å². The number of aliphatic hydroxyl groups excluding tert-OH is 4. The number of benzene rings is 2. The Labute approximate surface area is 180 Å². The molecule has 5 atom stereocenters. The predicted molar refractivity (Wildman–Crippen MR) is 111 cm³/mol. The zero-order valence-corrected chi connectivity index (χ0v) is 17.3. The highest BCUT2D eigenvalue weighted by molar-refractivity contribution is 5.52. The molecule has 4 rings (SSSR count). The molecule has 2 aliphatic rings. The quantitative estimate of drug-likeness (QED) is 0.533. The minimum absolute atomic E-state index is 0.396. The normalized spacial score (nSPS) is 27.7. The summed E-state index contributed by atoms with van der Waals surface area (Å²) in [6.45, 7) is 2.88. The van der Waals surface area contributed by atoms with Crippen LogP contribution < -0.4 is 14.2 Å². The summed E-state index contributed by atoms with van der Waals surface area (Å²) in [4.78, 5) is 0. The fourth-order valence-corrected chi connectivity index (χ4v) is 4.01. The van der Waals surface area contributed by atoms with Crippen LogP contribution in [0.5, 0.6) is 17.2 Å². The average Bonchev–Trinajstić information content (AvgIpc) is 2.79. The molecule has 0 unspecified atom stereocenters. The van der Waals surface area contributed by atoms with Gasteiger partial charge in [0.2, 0.25) is 0 Å². The Morgan fingerprint density at radius 3 is 2.42 bits per heavy atom. The predicted octanol–water partition coefficient (Wildman–Crippen LogP) is 0.962. The Balaban J connectivity index is 1.67. The molecule has 0 aliphatic carbocycles. The fraction of sp³-hybridized carbons (Fsp3) is 0.478. The van der Waals surface area contributed by atoms with Crippen LogP contribution in [0.1, 0.15) is 29.7 Å². The Morgan fingerprint density at radius 1 is 0.968 bits per heavy atom. The monoisotopic (exact) mass is 432 g/mol. The Bertz CT molecular complexity index is 882. The highest BCUT2D eigenvalue weighted by Crippen LogP contribution is 2.41. The minimum Gasteiger partial charge on any atom is -0.494 e. The van der Waals surface area contributed by atoms with Gasteiger partial charge in [-0.2, -0.15) is 0 Å². The second kappa shape index (κ2) is 9.42. The third kappa shape index (κ3) is 4.49. The maximum absolute atomic E-state index is 10.5. The van der Waals surface area contributed by atoms with Gasteiger partial charge in [-0.3, -0.25) is 0 Å². The van der Waals surface area contributed by atoms with Gasteiger partial charge in [-0.05, 0) is 42.3 Å². The zero-order chi connectivity index (χ0) is 22.0. The molecular formula is C23H28O8. The standard InChI is InChI=1S/C23H28O8/c1-2-28-16-5-3-13(4-6-16)9-14-10-15(11-17-22(14)30-8-7-29-17)23-21(27)20(26)19(25)18(12-24)31-23/h3-6,10-11,18-21,23-27H,2,7-9,12H2,1H3/t18-,19+,20+,21+,23+/m1/s1. The fourth-order valence-electron chi connectivity index (χ4n) is 4.01. The molecule has 2 aromatic carbocycles. The van der Waals surface area contributed by atoms with Gasteiger partial charge in [-0.25, -0.2) is 0 Å². The number of fused-ring (bicyclic) bond motifs is 1. The van der Waals surface area contributed by atoms with Gasteiger partial charge in [0.1, 0.15) is 49.5 Å². The van der Waals surface area contributed by atoms with Crippen molar-refractivity contribution in [3.05, 3.63) is 53.1 Å². The van der Waals surface area contributed by atoms with Crippen LogP contribution in [0, 0.1) is 0 Å². The van der Waals surface area contributed by atoms with Crippen LogP contribution in [-0.4, -0.2) is 71.3 Å². The Kier molecular flexibility index (Phi) is 6.64. The van der Waals surface area contributed by atoms with E-state index in [9.17, 15) is 20.4 Å². The molecule has 168 valence electrons. The first-order chi connectivity index (χ1) is 15.0. The molecule has 0 aromatic heterocycles. The average molecular weight is 432 g/mol. The van der Waals surface area contributed by atoms with Gasteiger partial charge in [0, 0.05) is 12.0 Å². The molecule has 1 fully saturated rings. The summed E-state index contributed by atoms with van der Waals surface area (Å²) in [7, 11) is 0. The second-order valence-electron chi connectivity index (χ2n) is 7.71. The molecular weight excluding hydrogens is 404 g/mol. The number of aliphatic hydroxyl groups is 4. The lowest BCUT2D eigenvalue weighted by atomic mass is 9.89. The van der Waals surface area contributed by atoms with E-state index in [4.69, 9.17) is 18.9 Å². The molecule has 2 aromatic rings. The maximum atomic E-state index is 10.5. The Morgan fingerprint density at radius 2 is 1.71 bits per heavy atom. The molecule has 0 radical (unpaired) electrons. The van der Waals surface area contributed by atoms with Crippen molar-refractivity contribution in [1.82, 2.24) is 0 Å². The van der Waals surface area contributed by atoms with E-state index in [1.807, 2.05) is 37.3 Å². The number of rotatable bonds is 6. The molecule has 31 heavy (non-hydrogen) atoms. The smallest absolute Gasteiger partial charge is 0.164 e. The third-order valence-corrected chi connectivity index (χ3v) is 5.59. The first-order valence-corrected chi connectivity index (χ1v) is 10.5. The lowest BCUT2D eigenvalue weighted by Crippen LogP contribution is -2.55. The van der Waals surface area contributed by atoms with Crippen molar-refractivity contribution in [2.75, 3.05) is 26.4 Å². The SMILES string of the molecule is CCOc1ccc(Cc2cc([C@@H]3O[C@H](CO)[C@H](O)[C@H](O)[C@@H]3O)cc3c2OCCO3)cc1. The summed E-state index contributed by atoms with van der Waals surface area (Å²) in [6, 6.07) is 11.3. The molecule has 8 nitrogen and oxygen atoms in total. The van der Waals surface area contributed by atoms with Crippen LogP contribution >= 0.6 is 0 Å². The highest BCUT2D eigenvalue weighted by atomic mass is 16.6. The topological polar surface area (TPSA) is 118 Å². The van der Waals surface area contributed by atoms with Gasteiger partial charge in [0.25, 0.3) is 0 Å². The van der Waals surface area contributed by atoms with Crippen molar-refractivity contribution < 1.29 is 39.4 Å². The summed E-state index contributed by atoms with van der Waals surface area (Å²) in [6.07, 6.45) is -5.59. The summed E-state index contributed by atoms with van der Waals surface area (Å²) in [5.74, 6) is 1.96. The molecule has 8 heteroatoms. The van der Waals surface area contributed by atoms with Crippen LogP contribution in [0.15, 0.2) is 36.4 Å². The molecule has 0 saturated carbocycles. The van der Waals surface area contributed by atoms with Crippen LogP contribution in [0.3, 0.4) is 0 Å². The van der Waals surface area contributed by atoms with Crippen molar-refractivity contribution in [3.63, 3.8) is 0 Å². The lowest BCUT2D eigenvalue weighted by molar-refractivity contribution is -0.231. The van der Waals surface area contributed by atoms with E-state index in [0.717, 1.165) is 16.9 Å². The molecule has 4 N–H and O–H groups in total. The summed E-state index contributed by atoms with van der Waals surface area (Å²) >= 11 is 0. The minimum atomic E-state index is -1.45. The van der Waals surface area contributed by atoms with E-state index in [1.165, 1.54) is 0 Å². The second-order valence-corrected chi connectivity index (χ2v) is 7.71. The van der Waals surface area contributed by atoms with E-state index in [-0.39, 0.29) is 0 Å². The van der Waals surface area contributed by atoms with Gasteiger partial charge >= 0.3 is 0 Å². The molecule has 0 bridgehead atoms. The third-order valence-electron chi connectivity index (χ3n) is 5.59. The number of ether oxygens (including phenoxy) is 4.